The summed E-state index contributed by atoms with van der Waals surface area (Å²) in [5.74, 6) is -0.0735. The predicted molar refractivity (Wildman–Crippen MR) is 109 cm³/mol. The molecular formula is C22H21N5O2. The van der Waals surface area contributed by atoms with Crippen molar-refractivity contribution in [3.8, 4) is 0 Å². The van der Waals surface area contributed by atoms with E-state index in [0.717, 1.165) is 11.4 Å². The molecule has 1 aromatic carbocycles. The number of anilines is 1. The molecule has 0 bridgehead atoms. The first-order valence-corrected chi connectivity index (χ1v) is 9.42. The number of amides is 3. The fourth-order valence-electron chi connectivity index (χ4n) is 3.24. The molecule has 1 aliphatic rings. The molecule has 4 rings (SSSR count). The van der Waals surface area contributed by atoms with E-state index in [4.69, 9.17) is 0 Å². The summed E-state index contributed by atoms with van der Waals surface area (Å²) in [6.45, 7) is 1.32. The van der Waals surface area contributed by atoms with Gasteiger partial charge >= 0.3 is 6.03 Å². The fraction of sp³-hybridized carbons (Fsp3) is 0.182. The van der Waals surface area contributed by atoms with E-state index in [9.17, 15) is 9.59 Å². The summed E-state index contributed by atoms with van der Waals surface area (Å²) in [6.07, 6.45) is 4.91. The average molecular weight is 387 g/mol. The molecule has 0 atom stereocenters. The molecule has 3 heterocycles. The average Bonchev–Trinajstić information content (AvgIpc) is 2.74. The van der Waals surface area contributed by atoms with E-state index in [1.807, 2.05) is 48.5 Å². The van der Waals surface area contributed by atoms with Gasteiger partial charge < -0.3 is 15.1 Å². The van der Waals surface area contributed by atoms with E-state index >= 15 is 0 Å². The van der Waals surface area contributed by atoms with Crippen molar-refractivity contribution in [3.05, 3.63) is 90.5 Å². The van der Waals surface area contributed by atoms with Crippen molar-refractivity contribution in [1.29, 1.82) is 0 Å². The minimum absolute atomic E-state index is 0.0735. The van der Waals surface area contributed by atoms with Crippen molar-refractivity contribution in [3.63, 3.8) is 0 Å². The summed E-state index contributed by atoms with van der Waals surface area (Å²) in [4.78, 5) is 37.3. The first-order chi connectivity index (χ1) is 14.2. The van der Waals surface area contributed by atoms with Crippen LogP contribution < -0.4 is 5.32 Å². The zero-order valence-electron chi connectivity index (χ0n) is 15.8. The van der Waals surface area contributed by atoms with Gasteiger partial charge in [-0.3, -0.25) is 14.8 Å². The second-order valence-electron chi connectivity index (χ2n) is 6.85. The van der Waals surface area contributed by atoms with Crippen LogP contribution in [0.15, 0.2) is 79.3 Å². The van der Waals surface area contributed by atoms with Gasteiger partial charge in [0, 0.05) is 37.4 Å². The highest BCUT2D eigenvalue weighted by Crippen LogP contribution is 2.21. The van der Waals surface area contributed by atoms with Gasteiger partial charge in [0.05, 0.1) is 23.8 Å². The number of para-hydroxylation sites is 1. The monoisotopic (exact) mass is 387 g/mol. The Balaban J connectivity index is 1.46. The molecule has 1 N–H and O–H groups in total. The largest absolute Gasteiger partial charge is 0.334 e. The van der Waals surface area contributed by atoms with E-state index in [0.29, 0.717) is 25.2 Å². The number of carbonyl (C=O) groups is 2. The summed E-state index contributed by atoms with van der Waals surface area (Å²) in [7, 11) is 0. The predicted octanol–water partition coefficient (Wildman–Crippen LogP) is 3.04. The van der Waals surface area contributed by atoms with Crippen LogP contribution >= 0.6 is 0 Å². The molecule has 0 unspecified atom stereocenters. The summed E-state index contributed by atoms with van der Waals surface area (Å²) in [5.41, 5.74) is 2.08. The van der Waals surface area contributed by atoms with Crippen LogP contribution in [-0.4, -0.2) is 50.8 Å². The van der Waals surface area contributed by atoms with Crippen LogP contribution in [0.5, 0.6) is 0 Å². The fourth-order valence-corrected chi connectivity index (χ4v) is 3.24. The lowest BCUT2D eigenvalue weighted by Crippen LogP contribution is -2.62. The van der Waals surface area contributed by atoms with Crippen LogP contribution in [0.2, 0.25) is 0 Å². The highest BCUT2D eigenvalue weighted by atomic mass is 16.2. The molecule has 29 heavy (non-hydrogen) atoms. The molecule has 3 amide bonds. The minimum atomic E-state index is -0.208. The van der Waals surface area contributed by atoms with E-state index in [2.05, 4.69) is 15.3 Å². The van der Waals surface area contributed by atoms with E-state index in [1.165, 1.54) is 0 Å². The number of nitrogens with zero attached hydrogens (tertiary/aromatic N) is 4. The van der Waals surface area contributed by atoms with E-state index in [1.54, 1.807) is 40.5 Å². The Bertz CT molecular complexity index is 960. The number of benzene rings is 1. The third-order valence-electron chi connectivity index (χ3n) is 4.84. The summed E-state index contributed by atoms with van der Waals surface area (Å²) in [5, 5.41) is 2.93. The standard InChI is InChI=1S/C22H21N5O2/c28-21(17-7-6-11-23-13-17)26-15-20(16-26)27(14-19-10-4-5-12-24-19)22(29)25-18-8-2-1-3-9-18/h1-13,20H,14-16H2,(H,25,29). The zero-order valence-corrected chi connectivity index (χ0v) is 15.8. The van der Waals surface area contributed by atoms with E-state index < -0.39 is 0 Å². The zero-order chi connectivity index (χ0) is 20.1. The number of carbonyl (C=O) groups excluding carboxylic acids is 2. The number of aromatic nitrogens is 2. The Morgan fingerprint density at radius 3 is 2.48 bits per heavy atom. The van der Waals surface area contributed by atoms with Gasteiger partial charge in [0.25, 0.3) is 5.91 Å². The second-order valence-corrected chi connectivity index (χ2v) is 6.85. The van der Waals surface area contributed by atoms with Gasteiger partial charge in [-0.25, -0.2) is 4.79 Å². The van der Waals surface area contributed by atoms with E-state index in [-0.39, 0.29) is 18.0 Å². The Morgan fingerprint density at radius 2 is 1.79 bits per heavy atom. The Labute approximate surface area is 169 Å². The van der Waals surface area contributed by atoms with Gasteiger partial charge in [0.2, 0.25) is 0 Å². The van der Waals surface area contributed by atoms with Crippen LogP contribution in [-0.2, 0) is 6.54 Å². The molecule has 146 valence electrons. The SMILES string of the molecule is O=C(c1cccnc1)N1CC(N(Cc2ccccn2)C(=O)Nc2ccccc2)C1. The molecule has 0 spiro atoms. The molecule has 0 saturated carbocycles. The van der Waals surface area contributed by atoms with Crippen molar-refractivity contribution in [2.75, 3.05) is 18.4 Å². The van der Waals surface area contributed by atoms with Crippen molar-refractivity contribution >= 4 is 17.6 Å². The topological polar surface area (TPSA) is 78.4 Å². The maximum Gasteiger partial charge on any atom is 0.322 e. The molecule has 1 fully saturated rings. The normalized spacial score (nSPS) is 13.4. The molecule has 7 heteroatoms. The molecule has 1 aliphatic heterocycles. The third-order valence-corrected chi connectivity index (χ3v) is 4.84. The van der Waals surface area contributed by atoms with Gasteiger partial charge in [-0.2, -0.15) is 0 Å². The Hall–Kier alpha value is -3.74. The van der Waals surface area contributed by atoms with Gasteiger partial charge in [-0.05, 0) is 36.4 Å². The molecule has 3 aromatic rings. The van der Waals surface area contributed by atoms with Gasteiger partial charge in [0.15, 0.2) is 0 Å². The highest BCUT2D eigenvalue weighted by molar-refractivity contribution is 5.95. The number of likely N-dealkylation sites (tertiary alicyclic amines) is 1. The maximum atomic E-state index is 13.0. The molecule has 2 aromatic heterocycles. The van der Waals surface area contributed by atoms with Crippen molar-refractivity contribution < 1.29 is 9.59 Å². The van der Waals surface area contributed by atoms with Crippen LogP contribution in [0.4, 0.5) is 10.5 Å². The quantitative estimate of drug-likeness (QED) is 0.730. The van der Waals surface area contributed by atoms with Gasteiger partial charge in [0.1, 0.15) is 0 Å². The van der Waals surface area contributed by atoms with Crippen molar-refractivity contribution in [2.24, 2.45) is 0 Å². The smallest absolute Gasteiger partial charge is 0.322 e. The van der Waals surface area contributed by atoms with Crippen LogP contribution in [0, 0.1) is 0 Å². The maximum absolute atomic E-state index is 13.0. The number of pyridine rings is 2. The van der Waals surface area contributed by atoms with Gasteiger partial charge in [-0.1, -0.05) is 24.3 Å². The summed E-state index contributed by atoms with van der Waals surface area (Å²) in [6, 6.07) is 18.2. The van der Waals surface area contributed by atoms with Crippen LogP contribution in [0.1, 0.15) is 16.1 Å². The number of urea groups is 1. The minimum Gasteiger partial charge on any atom is -0.334 e. The molecule has 0 aliphatic carbocycles. The van der Waals surface area contributed by atoms with Crippen LogP contribution in [0.25, 0.3) is 0 Å². The summed E-state index contributed by atoms with van der Waals surface area (Å²) < 4.78 is 0. The number of rotatable bonds is 5. The lowest BCUT2D eigenvalue weighted by atomic mass is 10.1. The lowest BCUT2D eigenvalue weighted by Gasteiger charge is -2.45. The first kappa shape index (κ1) is 18.6. The highest BCUT2D eigenvalue weighted by Gasteiger charge is 2.37. The molecular weight excluding hydrogens is 366 g/mol. The number of nitrogens with one attached hydrogen (secondary N) is 1. The Kier molecular flexibility index (Phi) is 5.47. The van der Waals surface area contributed by atoms with Crippen molar-refractivity contribution in [2.45, 2.75) is 12.6 Å². The number of hydrogen-bond acceptors (Lipinski definition) is 4. The summed E-state index contributed by atoms with van der Waals surface area (Å²) >= 11 is 0. The van der Waals surface area contributed by atoms with Gasteiger partial charge in [-0.15, -0.1) is 0 Å². The first-order valence-electron chi connectivity index (χ1n) is 9.42. The Morgan fingerprint density at radius 1 is 1.00 bits per heavy atom. The second kappa shape index (κ2) is 8.52. The van der Waals surface area contributed by atoms with Crippen molar-refractivity contribution in [1.82, 2.24) is 19.8 Å². The molecule has 0 radical (unpaired) electrons. The lowest BCUT2D eigenvalue weighted by molar-refractivity contribution is 0.0360. The molecule has 7 nitrogen and oxygen atoms in total. The van der Waals surface area contributed by atoms with Crippen LogP contribution in [0.3, 0.4) is 0 Å². The third kappa shape index (κ3) is 4.40. The molecule has 1 saturated heterocycles. The number of hydrogen-bond donors (Lipinski definition) is 1.